The van der Waals surface area contributed by atoms with Crippen LogP contribution in [0.5, 0.6) is 0 Å². The summed E-state index contributed by atoms with van der Waals surface area (Å²) in [4.78, 5) is 26.0. The van der Waals surface area contributed by atoms with Gasteiger partial charge in [-0.3, -0.25) is 14.0 Å². The van der Waals surface area contributed by atoms with Crippen molar-refractivity contribution < 1.29 is 31.9 Å². The first-order chi connectivity index (χ1) is 17.2. The lowest BCUT2D eigenvalue weighted by molar-refractivity contribution is -0.156. The maximum atomic E-state index is 14.5. The molecule has 2 aromatic heterocycles. The number of halogens is 5. The lowest BCUT2D eigenvalue weighted by Crippen LogP contribution is -2.38. The second kappa shape index (κ2) is 10.9. The molecule has 0 spiro atoms. The number of aliphatic carboxylic acids is 1. The molecular weight excluding hydrogens is 497 g/mol. The van der Waals surface area contributed by atoms with Crippen LogP contribution >= 0.6 is 0 Å². The van der Waals surface area contributed by atoms with Gasteiger partial charge in [0.25, 0.3) is 5.56 Å². The molecule has 1 saturated heterocycles. The fourth-order valence-corrected chi connectivity index (χ4v) is 4.24. The minimum Gasteiger partial charge on any atom is -0.481 e. The fraction of sp³-hybridized carbons (Fsp3) is 0.462. The number of alkyl halides is 3. The first kappa shape index (κ1) is 28.2. The maximum absolute atomic E-state index is 14.5. The van der Waals surface area contributed by atoms with E-state index in [2.05, 4.69) is 19.2 Å². The zero-order valence-corrected chi connectivity index (χ0v) is 20.8. The number of nitrogens with one attached hydrogen (secondary N) is 1. The van der Waals surface area contributed by atoms with E-state index in [-0.39, 0.29) is 17.4 Å². The third kappa shape index (κ3) is 7.11. The zero-order chi connectivity index (χ0) is 27.5. The van der Waals surface area contributed by atoms with Crippen molar-refractivity contribution >= 4 is 17.2 Å². The lowest BCUT2D eigenvalue weighted by Gasteiger charge is -2.38. The van der Waals surface area contributed by atoms with E-state index in [4.69, 9.17) is 0 Å². The smallest absolute Gasteiger partial charge is 0.412 e. The molecule has 202 valence electrons. The van der Waals surface area contributed by atoms with Gasteiger partial charge in [-0.1, -0.05) is 20.8 Å². The van der Waals surface area contributed by atoms with Gasteiger partial charge in [0.2, 0.25) is 0 Å². The molecule has 37 heavy (non-hydrogen) atoms. The van der Waals surface area contributed by atoms with Gasteiger partial charge in [-0.2, -0.15) is 13.2 Å². The highest BCUT2D eigenvalue weighted by Gasteiger charge is 2.43. The molecule has 0 radical (unpaired) electrons. The summed E-state index contributed by atoms with van der Waals surface area (Å²) < 4.78 is 71.9. The Hall–Kier alpha value is -3.37. The number of piperidine rings is 1. The topological polar surface area (TPSA) is 74.0 Å². The van der Waals surface area contributed by atoms with Gasteiger partial charge >= 0.3 is 12.1 Å². The van der Waals surface area contributed by atoms with E-state index in [1.165, 1.54) is 19.1 Å². The summed E-state index contributed by atoms with van der Waals surface area (Å²) in [5, 5.41) is 11.3. The van der Waals surface area contributed by atoms with Crippen molar-refractivity contribution in [1.82, 2.24) is 9.72 Å². The lowest BCUT2D eigenvalue weighted by atomic mass is 9.82. The van der Waals surface area contributed by atoms with Gasteiger partial charge in [-0.05, 0) is 49.0 Å². The van der Waals surface area contributed by atoms with Crippen LogP contribution in [0.3, 0.4) is 0 Å². The monoisotopic (exact) mass is 527 g/mol. The average Bonchev–Trinajstić information content (AvgIpc) is 2.79. The van der Waals surface area contributed by atoms with Gasteiger partial charge in [-0.15, -0.1) is 0 Å². The molecule has 2 aromatic rings. The molecule has 0 bridgehead atoms. The largest absolute Gasteiger partial charge is 0.481 e. The molecule has 1 fully saturated rings. The summed E-state index contributed by atoms with van der Waals surface area (Å²) in [6, 6.07) is 0.770. The molecule has 6 nitrogen and oxygen atoms in total. The summed E-state index contributed by atoms with van der Waals surface area (Å²) in [6.07, 6.45) is -1.66. The fourth-order valence-electron chi connectivity index (χ4n) is 4.24. The molecule has 2 N–H and O–H groups in total. The van der Waals surface area contributed by atoms with E-state index in [0.29, 0.717) is 24.8 Å². The number of rotatable bonds is 8. The molecule has 0 saturated carbocycles. The molecular formula is C26H30F5N3O3. The minimum absolute atomic E-state index is 0.0343. The van der Waals surface area contributed by atoms with Crippen LogP contribution in [0.2, 0.25) is 0 Å². The van der Waals surface area contributed by atoms with E-state index in [9.17, 15) is 36.6 Å². The van der Waals surface area contributed by atoms with Gasteiger partial charge in [-0.25, -0.2) is 8.78 Å². The van der Waals surface area contributed by atoms with E-state index in [1.807, 2.05) is 4.90 Å². The summed E-state index contributed by atoms with van der Waals surface area (Å²) in [5.74, 6) is -3.18. The van der Waals surface area contributed by atoms with Crippen molar-refractivity contribution in [1.29, 1.82) is 0 Å². The highest BCUT2D eigenvalue weighted by Crippen LogP contribution is 2.37. The number of hydrogen-bond donors (Lipinski definition) is 2. The number of carbonyl (C=O) groups is 1. The van der Waals surface area contributed by atoms with Crippen molar-refractivity contribution in [3.05, 3.63) is 69.8 Å². The van der Waals surface area contributed by atoms with Gasteiger partial charge in [0.15, 0.2) is 6.04 Å². The Bertz CT molecular complexity index is 1270. The van der Waals surface area contributed by atoms with E-state index in [0.717, 1.165) is 35.6 Å². The molecule has 3 heterocycles. The van der Waals surface area contributed by atoms with Gasteiger partial charge in [0.05, 0.1) is 17.8 Å². The zero-order valence-electron chi connectivity index (χ0n) is 20.8. The Morgan fingerprint density at radius 3 is 2.41 bits per heavy atom. The summed E-state index contributed by atoms with van der Waals surface area (Å²) in [5.41, 5.74) is -1.39. The SMILES string of the molecule is CC/C(F)=C\C=C(/CC(=O)O)N[C@@H](c1cc(F)cn2c(=O)cc(N3CCC(C)(C)CC3)cc12)C(F)(F)F. The van der Waals surface area contributed by atoms with Gasteiger partial charge < -0.3 is 15.3 Å². The number of hydrogen-bond acceptors (Lipinski definition) is 4. The predicted octanol–water partition coefficient (Wildman–Crippen LogP) is 5.88. The van der Waals surface area contributed by atoms with E-state index >= 15 is 0 Å². The highest BCUT2D eigenvalue weighted by molar-refractivity contribution is 5.70. The van der Waals surface area contributed by atoms with Crippen LogP contribution in [0.1, 0.15) is 58.1 Å². The van der Waals surface area contributed by atoms with E-state index in [1.54, 1.807) is 0 Å². The number of fused-ring (bicyclic) bond motifs is 1. The second-order valence-corrected chi connectivity index (χ2v) is 9.92. The van der Waals surface area contributed by atoms with Crippen LogP contribution < -0.4 is 15.8 Å². The molecule has 0 unspecified atom stereocenters. The normalized spacial score (nSPS) is 17.7. The van der Waals surface area contributed by atoms with Crippen LogP contribution in [0.25, 0.3) is 5.52 Å². The quantitative estimate of drug-likeness (QED) is 0.331. The Balaban J connectivity index is 2.15. The number of carboxylic acid groups (broad SMARTS) is 1. The number of pyridine rings is 2. The summed E-state index contributed by atoms with van der Waals surface area (Å²) in [7, 11) is 0. The van der Waals surface area contributed by atoms with Crippen LogP contribution in [-0.4, -0.2) is 34.7 Å². The molecule has 0 aromatic carbocycles. The van der Waals surface area contributed by atoms with Crippen LogP contribution in [-0.2, 0) is 4.79 Å². The first-order valence-corrected chi connectivity index (χ1v) is 11.9. The minimum atomic E-state index is -5.01. The highest BCUT2D eigenvalue weighted by atomic mass is 19.4. The van der Waals surface area contributed by atoms with Gasteiger partial charge in [0, 0.05) is 42.3 Å². The second-order valence-electron chi connectivity index (χ2n) is 9.92. The van der Waals surface area contributed by atoms with Crippen molar-refractivity contribution in [2.24, 2.45) is 5.41 Å². The van der Waals surface area contributed by atoms with Crippen molar-refractivity contribution in [2.75, 3.05) is 18.0 Å². The average molecular weight is 528 g/mol. The maximum Gasteiger partial charge on any atom is 0.412 e. The number of aromatic nitrogens is 1. The number of nitrogens with zero attached hydrogens (tertiary/aromatic N) is 2. The number of carboxylic acids is 1. The molecule has 3 rings (SSSR count). The van der Waals surface area contributed by atoms with Crippen LogP contribution in [0.4, 0.5) is 27.6 Å². The van der Waals surface area contributed by atoms with Crippen molar-refractivity contribution in [2.45, 2.75) is 58.7 Å². The number of anilines is 1. The predicted molar refractivity (Wildman–Crippen MR) is 131 cm³/mol. The molecule has 0 aliphatic carbocycles. The Morgan fingerprint density at radius 2 is 1.84 bits per heavy atom. The third-order valence-electron chi connectivity index (χ3n) is 6.49. The van der Waals surface area contributed by atoms with Crippen molar-refractivity contribution in [3.63, 3.8) is 0 Å². The van der Waals surface area contributed by atoms with Gasteiger partial charge in [0.1, 0.15) is 5.82 Å². The summed E-state index contributed by atoms with van der Waals surface area (Å²) >= 11 is 0. The van der Waals surface area contributed by atoms with E-state index < -0.39 is 53.1 Å². The first-order valence-electron chi connectivity index (χ1n) is 11.9. The molecule has 1 atom stereocenters. The molecule has 1 aliphatic rings. The van der Waals surface area contributed by atoms with Crippen LogP contribution in [0.15, 0.2) is 52.9 Å². The standard InChI is InChI=1S/C26H30F5N3O3/c1-4-16(27)5-6-18(12-23(36)37)32-24(26(29,30)31)20-11-17(28)15-34-21(20)13-19(14-22(34)35)33-9-7-25(2,3)8-10-33/h5-6,11,13-15,24,32H,4,7-10,12H2,1-3H3,(H,36,37)/b16-5+,18-6+/t24-/m0/s1. The molecule has 11 heteroatoms. The Kier molecular flexibility index (Phi) is 8.34. The van der Waals surface area contributed by atoms with Crippen LogP contribution in [0, 0.1) is 11.2 Å². The molecule has 0 amide bonds. The summed E-state index contributed by atoms with van der Waals surface area (Å²) in [6.45, 7) is 6.91. The Labute approximate surface area is 211 Å². The molecule has 1 aliphatic heterocycles. The van der Waals surface area contributed by atoms with Crippen molar-refractivity contribution in [3.8, 4) is 0 Å². The Morgan fingerprint density at radius 1 is 1.19 bits per heavy atom. The number of allylic oxidation sites excluding steroid dienone is 3. The third-order valence-corrected chi connectivity index (χ3v) is 6.49.